The van der Waals surface area contributed by atoms with Gasteiger partial charge in [-0.15, -0.1) is 5.10 Å². The van der Waals surface area contributed by atoms with Gasteiger partial charge in [-0.25, -0.2) is 17.9 Å². The van der Waals surface area contributed by atoms with E-state index in [1.165, 1.54) is 28.6 Å². The summed E-state index contributed by atoms with van der Waals surface area (Å²) in [4.78, 5) is 12.5. The molecule has 1 saturated heterocycles. The Hall–Kier alpha value is -2.33. The van der Waals surface area contributed by atoms with Crippen LogP contribution in [0.25, 0.3) is 0 Å². The number of nitrogens with zero attached hydrogens (tertiary/aromatic N) is 5. The highest BCUT2D eigenvalue weighted by atomic mass is 32.2. The highest BCUT2D eigenvalue weighted by molar-refractivity contribution is 7.89. The Labute approximate surface area is 171 Å². The lowest BCUT2D eigenvalue weighted by Crippen LogP contribution is -2.42. The Bertz CT molecular complexity index is 932. The molecule has 0 radical (unpaired) electrons. The van der Waals surface area contributed by atoms with Crippen LogP contribution in [0.2, 0.25) is 0 Å². The van der Waals surface area contributed by atoms with Crippen LogP contribution in [0.4, 0.5) is 0 Å². The molecule has 0 N–H and O–H groups in total. The quantitative estimate of drug-likeness (QED) is 0.630. The third-order valence-electron chi connectivity index (χ3n) is 4.94. The first-order valence-electron chi connectivity index (χ1n) is 9.83. The Kier molecular flexibility index (Phi) is 6.63. The number of benzene rings is 1. The molecule has 2 atom stereocenters. The number of hydrogen-bond donors (Lipinski definition) is 0. The zero-order valence-corrected chi connectivity index (χ0v) is 17.8. The van der Waals surface area contributed by atoms with Crippen molar-refractivity contribution in [1.29, 1.82) is 0 Å². The minimum atomic E-state index is -3.58. The molecule has 1 aliphatic heterocycles. The molecule has 1 aliphatic rings. The maximum absolute atomic E-state index is 12.9. The van der Waals surface area contributed by atoms with Crippen molar-refractivity contribution in [3.8, 4) is 0 Å². The molecule has 0 spiro atoms. The van der Waals surface area contributed by atoms with Crippen molar-refractivity contribution in [2.24, 2.45) is 11.8 Å². The van der Waals surface area contributed by atoms with Crippen molar-refractivity contribution < 1.29 is 17.9 Å². The van der Waals surface area contributed by atoms with Crippen LogP contribution in [0.1, 0.15) is 49.8 Å². The van der Waals surface area contributed by atoms with Crippen LogP contribution in [-0.2, 0) is 27.9 Å². The number of aryl methyl sites for hydroxylation is 1. The molecule has 10 heteroatoms. The van der Waals surface area contributed by atoms with Gasteiger partial charge in [0.15, 0.2) is 12.4 Å². The fraction of sp³-hybridized carbons (Fsp3) is 0.579. The molecule has 158 valence electrons. The highest BCUT2D eigenvalue weighted by Crippen LogP contribution is 2.26. The molecule has 29 heavy (non-hydrogen) atoms. The van der Waals surface area contributed by atoms with Gasteiger partial charge in [-0.05, 0) is 59.4 Å². The monoisotopic (exact) mass is 421 g/mol. The summed E-state index contributed by atoms with van der Waals surface area (Å²) in [5.74, 6) is 0.562. The van der Waals surface area contributed by atoms with Crippen LogP contribution >= 0.6 is 0 Å². The lowest BCUT2D eigenvalue weighted by atomic mass is 9.94. The summed E-state index contributed by atoms with van der Waals surface area (Å²) in [6, 6.07) is 5.86. The number of rotatable bonds is 7. The summed E-state index contributed by atoms with van der Waals surface area (Å²) < 4.78 is 34.2. The predicted molar refractivity (Wildman–Crippen MR) is 105 cm³/mol. The van der Waals surface area contributed by atoms with E-state index in [1.807, 2.05) is 6.92 Å². The van der Waals surface area contributed by atoms with Gasteiger partial charge < -0.3 is 4.74 Å². The fourth-order valence-corrected chi connectivity index (χ4v) is 5.32. The normalized spacial score (nSPS) is 20.5. The van der Waals surface area contributed by atoms with Crippen LogP contribution in [0.5, 0.6) is 0 Å². The summed E-state index contributed by atoms with van der Waals surface area (Å²) in [6.07, 6.45) is 1.88. The SMILES string of the molecule is CCCn1nnnc1COC(=O)c1ccc(S(=O)(=O)N2C[C@@H](C)C[C@H](C)C2)cc1. The third kappa shape index (κ3) is 4.99. The van der Waals surface area contributed by atoms with Gasteiger partial charge in [0.1, 0.15) is 0 Å². The number of tetrazole rings is 1. The second-order valence-corrected chi connectivity index (χ2v) is 9.62. The number of esters is 1. The number of sulfonamides is 1. The minimum absolute atomic E-state index is 0.0462. The molecule has 1 aromatic carbocycles. The van der Waals surface area contributed by atoms with Crippen LogP contribution in [0.15, 0.2) is 29.2 Å². The first kappa shape index (κ1) is 21.4. The van der Waals surface area contributed by atoms with E-state index in [0.29, 0.717) is 37.3 Å². The van der Waals surface area contributed by atoms with E-state index in [-0.39, 0.29) is 17.1 Å². The third-order valence-corrected chi connectivity index (χ3v) is 6.78. The molecule has 2 aromatic rings. The van der Waals surface area contributed by atoms with Crippen molar-refractivity contribution in [3.05, 3.63) is 35.7 Å². The van der Waals surface area contributed by atoms with Crippen molar-refractivity contribution in [2.75, 3.05) is 13.1 Å². The summed E-state index contributed by atoms with van der Waals surface area (Å²) >= 11 is 0. The van der Waals surface area contributed by atoms with Gasteiger partial charge in [-0.2, -0.15) is 4.31 Å². The maximum Gasteiger partial charge on any atom is 0.338 e. The highest BCUT2D eigenvalue weighted by Gasteiger charge is 2.31. The smallest absolute Gasteiger partial charge is 0.338 e. The Morgan fingerprint density at radius 3 is 2.45 bits per heavy atom. The molecule has 1 fully saturated rings. The second-order valence-electron chi connectivity index (χ2n) is 7.69. The first-order valence-corrected chi connectivity index (χ1v) is 11.3. The van der Waals surface area contributed by atoms with Crippen LogP contribution in [0, 0.1) is 11.8 Å². The molecule has 0 unspecified atom stereocenters. The van der Waals surface area contributed by atoms with E-state index in [0.717, 1.165) is 12.8 Å². The van der Waals surface area contributed by atoms with Crippen molar-refractivity contribution >= 4 is 16.0 Å². The van der Waals surface area contributed by atoms with Crippen molar-refractivity contribution in [2.45, 2.75) is 51.7 Å². The second kappa shape index (κ2) is 9.00. The average Bonchev–Trinajstić information content (AvgIpc) is 3.13. The molecule has 2 heterocycles. The van der Waals surface area contributed by atoms with Crippen molar-refractivity contribution in [3.63, 3.8) is 0 Å². The Morgan fingerprint density at radius 1 is 1.17 bits per heavy atom. The van der Waals surface area contributed by atoms with Crippen LogP contribution < -0.4 is 0 Å². The minimum Gasteiger partial charge on any atom is -0.454 e. The topological polar surface area (TPSA) is 107 Å². The Morgan fingerprint density at radius 2 is 1.83 bits per heavy atom. The number of hydrogen-bond acceptors (Lipinski definition) is 7. The van der Waals surface area contributed by atoms with Crippen LogP contribution in [0.3, 0.4) is 0 Å². The van der Waals surface area contributed by atoms with E-state index in [1.54, 1.807) is 4.68 Å². The number of carbonyl (C=O) groups is 1. The first-order chi connectivity index (χ1) is 13.8. The largest absolute Gasteiger partial charge is 0.454 e. The van der Waals surface area contributed by atoms with Gasteiger partial charge in [0, 0.05) is 19.6 Å². The van der Waals surface area contributed by atoms with E-state index in [2.05, 4.69) is 29.4 Å². The zero-order chi connectivity index (χ0) is 21.0. The van der Waals surface area contributed by atoms with Gasteiger partial charge in [0.05, 0.1) is 10.5 Å². The van der Waals surface area contributed by atoms with Crippen LogP contribution in [-0.4, -0.2) is 52.0 Å². The van der Waals surface area contributed by atoms with E-state index in [9.17, 15) is 13.2 Å². The summed E-state index contributed by atoms with van der Waals surface area (Å²) in [5.41, 5.74) is 0.277. The van der Waals surface area contributed by atoms with Crippen molar-refractivity contribution in [1.82, 2.24) is 24.5 Å². The summed E-state index contributed by atoms with van der Waals surface area (Å²) in [7, 11) is -3.58. The molecular weight excluding hydrogens is 394 g/mol. The average molecular weight is 422 g/mol. The lowest BCUT2D eigenvalue weighted by molar-refractivity contribution is 0.0456. The number of ether oxygens (including phenoxy) is 1. The molecule has 0 amide bonds. The van der Waals surface area contributed by atoms with Gasteiger partial charge in [-0.3, -0.25) is 0 Å². The van der Waals surface area contributed by atoms with Gasteiger partial charge >= 0.3 is 5.97 Å². The van der Waals surface area contributed by atoms with Gasteiger partial charge in [-0.1, -0.05) is 20.8 Å². The molecule has 0 bridgehead atoms. The molecule has 0 aliphatic carbocycles. The summed E-state index contributed by atoms with van der Waals surface area (Å²) in [6.45, 7) is 7.75. The Balaban J connectivity index is 1.66. The lowest BCUT2D eigenvalue weighted by Gasteiger charge is -2.34. The number of carbonyl (C=O) groups excluding carboxylic acids is 1. The van der Waals surface area contributed by atoms with Gasteiger partial charge in [0.25, 0.3) is 0 Å². The van der Waals surface area contributed by atoms with Gasteiger partial charge in [0.2, 0.25) is 10.0 Å². The maximum atomic E-state index is 12.9. The predicted octanol–water partition coefficient (Wildman–Crippen LogP) is 2.11. The molecule has 9 nitrogen and oxygen atoms in total. The molecular formula is C19H27N5O4S. The molecule has 0 saturated carbocycles. The number of aromatic nitrogens is 4. The van der Waals surface area contributed by atoms with E-state index >= 15 is 0 Å². The standard InChI is InChI=1S/C19H27N5O4S/c1-4-9-24-18(20-21-22-24)13-28-19(25)16-5-7-17(8-6-16)29(26,27)23-11-14(2)10-15(3)12-23/h5-8,14-15H,4,9-13H2,1-3H3/t14-,15-/m0/s1. The number of piperidine rings is 1. The molecule has 1 aromatic heterocycles. The van der Waals surface area contributed by atoms with E-state index < -0.39 is 16.0 Å². The van der Waals surface area contributed by atoms with E-state index in [4.69, 9.17) is 4.74 Å². The molecule has 3 rings (SSSR count). The fourth-order valence-electron chi connectivity index (χ4n) is 3.64. The zero-order valence-electron chi connectivity index (χ0n) is 17.0. The summed E-state index contributed by atoms with van der Waals surface area (Å²) in [5, 5.41) is 11.3.